The molecule has 27 N–H and O–H groups in total. The number of rotatable bonds is 55. The molecular weight excluding hydrogens is 1600 g/mol. The number of carboxylic acid groups (broad SMARTS) is 2. The molecule has 17 atom stereocenters. The van der Waals surface area contributed by atoms with Crippen molar-refractivity contribution in [2.24, 2.45) is 35.0 Å². The number of aliphatic carboxylic acids is 2. The van der Waals surface area contributed by atoms with Crippen molar-refractivity contribution in [1.29, 1.82) is 0 Å². The number of carbonyl (C=O) groups is 18. The third-order valence-corrected chi connectivity index (χ3v) is 19.7. The Morgan fingerprint density at radius 1 is 0.467 bits per heavy atom. The van der Waals surface area contributed by atoms with Crippen molar-refractivity contribution < 1.29 is 130 Å². The zero-order valence-corrected chi connectivity index (χ0v) is 69.8. The van der Waals surface area contributed by atoms with Gasteiger partial charge in [-0.1, -0.05) is 71.9 Å². The number of carboxylic acids is 2. The van der Waals surface area contributed by atoms with Gasteiger partial charge < -0.3 is 132 Å². The number of unbranched alkanes of at least 4 members (excludes halogenated alkanes) is 1. The first-order valence-corrected chi connectivity index (χ1v) is 41.3. The smallest absolute Gasteiger partial charge is 0.326 e. The summed E-state index contributed by atoms with van der Waals surface area (Å²) < 4.78 is 24.8. The van der Waals surface area contributed by atoms with Crippen molar-refractivity contribution in [2.75, 3.05) is 51.4 Å². The van der Waals surface area contributed by atoms with Crippen LogP contribution in [0.3, 0.4) is 0 Å². The average Bonchev–Trinajstić information content (AvgIpc) is 1.64. The lowest BCUT2D eigenvalue weighted by atomic mass is 9.98. The van der Waals surface area contributed by atoms with Gasteiger partial charge in [-0.2, -0.15) is 0 Å². The van der Waals surface area contributed by atoms with Gasteiger partial charge in [-0.3, -0.25) is 81.5 Å². The molecule has 1 aromatic rings. The number of likely N-dealkylation sites (tertiary alicyclic amines) is 1. The Labute approximate surface area is 694 Å². The van der Waals surface area contributed by atoms with Crippen LogP contribution in [0.1, 0.15) is 145 Å². The first-order chi connectivity index (χ1) is 56.1. The van der Waals surface area contributed by atoms with Crippen LogP contribution in [0.15, 0.2) is 30.3 Å². The second kappa shape index (κ2) is 52.4. The molecule has 0 bridgehead atoms. The number of benzene rings is 1. The minimum atomic E-state index is -3.90. The third kappa shape index (κ3) is 37.7. The van der Waals surface area contributed by atoms with E-state index in [2.05, 4.69) is 74.4 Å². The predicted molar refractivity (Wildman–Crippen MR) is 425 cm³/mol. The molecule has 1 saturated heterocycles. The van der Waals surface area contributed by atoms with Crippen molar-refractivity contribution in [3.05, 3.63) is 35.9 Å². The van der Waals surface area contributed by atoms with E-state index in [0.29, 0.717) is 5.56 Å². The topological polar surface area (TPSA) is 733 Å². The number of hydrogen-bond acceptors (Lipinski definition) is 27. The SMILES string of the molecule is CC(C)C[C@H](NC(=O)[C@@H](NC(=O)[C@@H](NC(=O)[C@H](CC(C)C)NC(=O)[C@@H]1CCCN1C(=O)[C@@H](NC(=O)[C@H](CCC(N)=O)NC(=O)[C@H](CO)NC(=O)[C@H](CCCCN)NC(=O)[C@H](CCC(=O)O)NC(=O)[C@H](CO)NC(=O)[C@@H](NC(=O)[C@H](CCS(C)(=O)=O)NC(=O)[C@H](Cc1ccccc1)NC(=O)CNC(=O)CN)[C@@H](C)O)[C@@H](C)O)C(C)C)[C@@H](C)O)C(=O)O. The summed E-state index contributed by atoms with van der Waals surface area (Å²) >= 11 is 0. The number of nitrogens with one attached hydrogen (secondary N) is 14. The molecule has 1 aromatic carbocycles. The van der Waals surface area contributed by atoms with E-state index in [9.17, 15) is 130 Å². The lowest BCUT2D eigenvalue weighted by Gasteiger charge is -2.32. The number of nitrogens with zero attached hydrogens (tertiary/aromatic N) is 1. The van der Waals surface area contributed by atoms with Crippen molar-refractivity contribution in [3.8, 4) is 0 Å². The summed E-state index contributed by atoms with van der Waals surface area (Å²) in [6.45, 7) is 9.44. The molecule has 676 valence electrons. The van der Waals surface area contributed by atoms with Gasteiger partial charge in [-0.05, 0) is 115 Å². The fourth-order valence-corrected chi connectivity index (χ4v) is 12.8. The standard InChI is InChI=1S/C74H122N18O27S/c1-36(2)29-47(66(108)88-57(38(5)6)70(112)90-59(40(8)96)71(113)85-49(74(116)117)30-37(3)4)84-69(111)52-20-16-27-92(52)73(115)60(41(9)97)91-63(105)44(21-23-53(77)98)81-67(109)50(34-93)86-61(103)43(19-14-15-26-75)80-62(104)45(22-24-56(101)102)82-68(110)51(35-94)87-72(114)58(39(7)95)89-64(106)46(25-28-120(10,118)119)83-65(107)48(31-42-17-12-11-13-18-42)79-55(100)33-78-54(99)32-76/h11-13,17-18,36-41,43-52,57-60,93-97H,14-16,19-35,75-76H2,1-10H3,(H2,77,98)(H,78,99)(H,79,100)(H,80,104)(H,81,109)(H,82,110)(H,83,107)(H,84,111)(H,85,113)(H,86,103)(H,87,114)(H,88,108)(H,89,106)(H,90,112)(H,91,105)(H,101,102)(H,116,117)/t39-,40-,41-,43+,44+,45+,46+,47+,48+,49+,50+,51+,52+,57+,58+,59+,60+/m1/s1. The van der Waals surface area contributed by atoms with E-state index in [1.165, 1.54) is 6.92 Å². The molecule has 0 aromatic heterocycles. The molecule has 46 heteroatoms. The minimum absolute atomic E-state index is 0.0182. The van der Waals surface area contributed by atoms with Gasteiger partial charge in [-0.25, -0.2) is 13.2 Å². The lowest BCUT2D eigenvalue weighted by molar-refractivity contribution is -0.145. The molecule has 0 saturated carbocycles. The molecule has 0 spiro atoms. The Morgan fingerprint density at radius 2 is 0.875 bits per heavy atom. The number of aliphatic hydroxyl groups is 5. The summed E-state index contributed by atoms with van der Waals surface area (Å²) in [7, 11) is -3.90. The second-order valence-electron chi connectivity index (χ2n) is 30.5. The fraction of sp³-hybridized carbons (Fsp3) is 0.676. The Kier molecular flexibility index (Phi) is 46.0. The van der Waals surface area contributed by atoms with Gasteiger partial charge in [0.2, 0.25) is 94.5 Å². The molecule has 1 aliphatic rings. The Morgan fingerprint density at radius 3 is 1.32 bits per heavy atom. The second-order valence-corrected chi connectivity index (χ2v) is 32.7. The molecule has 120 heavy (non-hydrogen) atoms. The summed E-state index contributed by atoms with van der Waals surface area (Å²) in [5.41, 5.74) is 16.9. The van der Waals surface area contributed by atoms with Gasteiger partial charge in [-0.15, -0.1) is 0 Å². The molecule has 1 fully saturated rings. The minimum Gasteiger partial charge on any atom is -0.481 e. The highest BCUT2D eigenvalue weighted by Gasteiger charge is 2.44. The van der Waals surface area contributed by atoms with Crippen LogP contribution in [0.25, 0.3) is 0 Å². The van der Waals surface area contributed by atoms with E-state index in [4.69, 9.17) is 17.2 Å². The average molecular weight is 1730 g/mol. The molecule has 0 aliphatic carbocycles. The first-order valence-electron chi connectivity index (χ1n) is 39.2. The maximum absolute atomic E-state index is 14.5. The zero-order chi connectivity index (χ0) is 91.2. The van der Waals surface area contributed by atoms with Crippen LogP contribution in [-0.2, 0) is 103 Å². The van der Waals surface area contributed by atoms with Crippen molar-refractivity contribution >= 4 is 116 Å². The van der Waals surface area contributed by atoms with Crippen LogP contribution < -0.4 is 91.6 Å². The third-order valence-electron chi connectivity index (χ3n) is 18.7. The zero-order valence-electron chi connectivity index (χ0n) is 69.0. The van der Waals surface area contributed by atoms with E-state index in [1.54, 1.807) is 71.9 Å². The Bertz CT molecular complexity index is 3800. The molecule has 2 rings (SSSR count). The quantitative estimate of drug-likeness (QED) is 0.0269. The summed E-state index contributed by atoms with van der Waals surface area (Å²) in [4.78, 5) is 245. The van der Waals surface area contributed by atoms with E-state index in [-0.39, 0.29) is 76.3 Å². The van der Waals surface area contributed by atoms with Crippen LogP contribution in [0.5, 0.6) is 0 Å². The van der Waals surface area contributed by atoms with Crippen LogP contribution in [0.4, 0.5) is 0 Å². The van der Waals surface area contributed by atoms with Crippen LogP contribution in [0, 0.1) is 17.8 Å². The monoisotopic (exact) mass is 1730 g/mol. The van der Waals surface area contributed by atoms with Crippen molar-refractivity contribution in [2.45, 2.75) is 249 Å². The van der Waals surface area contributed by atoms with Gasteiger partial charge in [0, 0.05) is 32.1 Å². The van der Waals surface area contributed by atoms with Crippen LogP contribution in [-0.4, -0.2) is 310 Å². The van der Waals surface area contributed by atoms with Crippen molar-refractivity contribution in [1.82, 2.24) is 79.3 Å². The Balaban J connectivity index is 2.43. The molecule has 45 nitrogen and oxygen atoms in total. The maximum Gasteiger partial charge on any atom is 0.326 e. The number of amides is 16. The lowest BCUT2D eigenvalue weighted by Crippen LogP contribution is -2.63. The maximum atomic E-state index is 14.5. The summed E-state index contributed by atoms with van der Waals surface area (Å²) in [6, 6.07) is -16.2. The van der Waals surface area contributed by atoms with Crippen molar-refractivity contribution in [3.63, 3.8) is 0 Å². The molecule has 1 heterocycles. The number of carbonyl (C=O) groups excluding carboxylic acids is 16. The normalized spacial score (nSPS) is 16.7. The molecule has 1 aliphatic heterocycles. The van der Waals surface area contributed by atoms with E-state index >= 15 is 0 Å². The molecule has 16 amide bonds. The number of hydrogen-bond donors (Lipinski definition) is 24. The molecular formula is C74H122N18O27S. The summed E-state index contributed by atoms with van der Waals surface area (Å²) in [5, 5.41) is 105. The highest BCUT2D eigenvalue weighted by molar-refractivity contribution is 7.90. The predicted octanol–water partition coefficient (Wildman–Crippen LogP) is -9.75. The number of nitrogens with two attached hydrogens (primary N) is 3. The van der Waals surface area contributed by atoms with E-state index < -0.39 is 289 Å². The number of aliphatic hydroxyl groups excluding tert-OH is 5. The summed E-state index contributed by atoms with van der Waals surface area (Å²) in [6.07, 6.45) is -8.16. The first kappa shape index (κ1) is 105. The van der Waals surface area contributed by atoms with Gasteiger partial charge in [0.25, 0.3) is 0 Å². The van der Waals surface area contributed by atoms with E-state index in [1.807, 2.05) is 0 Å². The fourth-order valence-electron chi connectivity index (χ4n) is 12.2. The van der Waals surface area contributed by atoms with Gasteiger partial charge in [0.15, 0.2) is 0 Å². The number of primary amides is 1. The van der Waals surface area contributed by atoms with Gasteiger partial charge >= 0.3 is 11.9 Å². The van der Waals surface area contributed by atoms with Gasteiger partial charge in [0.1, 0.15) is 94.4 Å². The van der Waals surface area contributed by atoms with Gasteiger partial charge in [0.05, 0.1) is 50.4 Å². The number of sulfone groups is 1. The Hall–Kier alpha value is -10.7. The highest BCUT2D eigenvalue weighted by Crippen LogP contribution is 2.22. The molecule has 0 radical (unpaired) electrons. The highest BCUT2D eigenvalue weighted by atomic mass is 32.2. The van der Waals surface area contributed by atoms with Crippen LogP contribution >= 0.6 is 0 Å². The van der Waals surface area contributed by atoms with E-state index in [0.717, 1.165) is 25.0 Å². The largest absolute Gasteiger partial charge is 0.481 e. The molecule has 0 unspecified atom stereocenters. The summed E-state index contributed by atoms with van der Waals surface area (Å²) in [5.74, 6) is -22.6. The van der Waals surface area contributed by atoms with Crippen LogP contribution in [0.2, 0.25) is 0 Å².